The van der Waals surface area contributed by atoms with Gasteiger partial charge in [0.05, 0.1) is 5.69 Å². The molecule has 1 aliphatic rings. The molecule has 142 valence electrons. The lowest BCUT2D eigenvalue weighted by Gasteiger charge is -2.17. The molecular weight excluding hydrogens is 372 g/mol. The van der Waals surface area contributed by atoms with Gasteiger partial charge in [-0.25, -0.2) is 4.98 Å². The van der Waals surface area contributed by atoms with E-state index in [1.807, 2.05) is 48.6 Å². The van der Waals surface area contributed by atoms with Gasteiger partial charge in [0.2, 0.25) is 5.91 Å². The highest BCUT2D eigenvalue weighted by Crippen LogP contribution is 2.30. The number of aromatic nitrogens is 1. The van der Waals surface area contributed by atoms with Gasteiger partial charge in [-0.05, 0) is 48.4 Å². The van der Waals surface area contributed by atoms with Crippen LogP contribution in [0.15, 0.2) is 47.8 Å². The predicted molar refractivity (Wildman–Crippen MR) is 113 cm³/mol. The molecule has 0 fully saturated rings. The van der Waals surface area contributed by atoms with Crippen LogP contribution in [-0.2, 0) is 11.2 Å². The smallest absolute Gasteiger partial charge is 0.257 e. The van der Waals surface area contributed by atoms with E-state index in [1.165, 1.54) is 11.3 Å². The van der Waals surface area contributed by atoms with Gasteiger partial charge in [-0.3, -0.25) is 14.9 Å². The largest absolute Gasteiger partial charge is 0.378 e. The lowest BCUT2D eigenvalue weighted by Crippen LogP contribution is -2.18. The van der Waals surface area contributed by atoms with Crippen molar-refractivity contribution in [1.82, 2.24) is 4.98 Å². The molecule has 2 heterocycles. The molecule has 2 N–H and O–H groups in total. The van der Waals surface area contributed by atoms with Crippen molar-refractivity contribution in [2.24, 2.45) is 0 Å². The van der Waals surface area contributed by atoms with E-state index in [0.717, 1.165) is 34.6 Å². The lowest BCUT2D eigenvalue weighted by molar-refractivity contribution is -0.116. The molecule has 0 saturated carbocycles. The number of rotatable bonds is 4. The molecule has 0 saturated heterocycles. The van der Waals surface area contributed by atoms with E-state index in [-0.39, 0.29) is 11.8 Å². The number of anilines is 3. The monoisotopic (exact) mass is 392 g/mol. The molecule has 0 spiro atoms. The standard InChI is InChI=1S/C21H20N4O2S/c1-25(2)16-7-3-13(4-8-16)20(27)24-21-23-18(12-28-21)15-5-9-17-14(11-15)6-10-19(26)22-17/h3-5,7-9,11-12H,6,10H2,1-2H3,(H,22,26)(H,23,24,27). The Morgan fingerprint density at radius 2 is 1.93 bits per heavy atom. The fourth-order valence-electron chi connectivity index (χ4n) is 3.09. The molecule has 0 unspecified atom stereocenters. The topological polar surface area (TPSA) is 74.3 Å². The van der Waals surface area contributed by atoms with Crippen molar-refractivity contribution < 1.29 is 9.59 Å². The van der Waals surface area contributed by atoms with Gasteiger partial charge in [-0.1, -0.05) is 6.07 Å². The Bertz CT molecular complexity index is 1040. The van der Waals surface area contributed by atoms with Crippen LogP contribution < -0.4 is 15.5 Å². The Hall–Kier alpha value is -3.19. The minimum atomic E-state index is -0.181. The molecule has 6 nitrogen and oxygen atoms in total. The van der Waals surface area contributed by atoms with Crippen molar-refractivity contribution in [3.63, 3.8) is 0 Å². The number of benzene rings is 2. The van der Waals surface area contributed by atoms with Gasteiger partial charge in [0.1, 0.15) is 0 Å². The number of carbonyl (C=O) groups excluding carboxylic acids is 2. The normalized spacial score (nSPS) is 12.9. The Morgan fingerprint density at radius 3 is 2.68 bits per heavy atom. The van der Waals surface area contributed by atoms with Crippen LogP contribution in [-0.4, -0.2) is 30.9 Å². The van der Waals surface area contributed by atoms with E-state index < -0.39 is 0 Å². The van der Waals surface area contributed by atoms with Gasteiger partial charge in [-0.2, -0.15) is 0 Å². The third-order valence-corrected chi connectivity index (χ3v) is 5.42. The number of fused-ring (bicyclic) bond motifs is 1. The van der Waals surface area contributed by atoms with Crippen LogP contribution in [0, 0.1) is 0 Å². The first-order valence-electron chi connectivity index (χ1n) is 8.97. The average molecular weight is 392 g/mol. The van der Waals surface area contributed by atoms with Crippen molar-refractivity contribution in [2.45, 2.75) is 12.8 Å². The number of amides is 2. The Balaban J connectivity index is 1.48. The zero-order valence-corrected chi connectivity index (χ0v) is 16.5. The van der Waals surface area contributed by atoms with E-state index in [0.29, 0.717) is 17.1 Å². The Labute approximate surface area is 167 Å². The zero-order valence-electron chi connectivity index (χ0n) is 15.7. The van der Waals surface area contributed by atoms with Crippen LogP contribution in [0.1, 0.15) is 22.3 Å². The summed E-state index contributed by atoms with van der Waals surface area (Å²) in [5.41, 5.74) is 5.38. The highest BCUT2D eigenvalue weighted by atomic mass is 32.1. The molecule has 0 bridgehead atoms. The summed E-state index contributed by atoms with van der Waals surface area (Å²) in [6.45, 7) is 0. The summed E-state index contributed by atoms with van der Waals surface area (Å²) in [5, 5.41) is 8.23. The van der Waals surface area contributed by atoms with Gasteiger partial charge >= 0.3 is 0 Å². The molecule has 4 rings (SSSR count). The highest BCUT2D eigenvalue weighted by Gasteiger charge is 2.16. The summed E-state index contributed by atoms with van der Waals surface area (Å²) in [4.78, 5) is 30.5. The summed E-state index contributed by atoms with van der Waals surface area (Å²) >= 11 is 1.39. The molecule has 1 aromatic heterocycles. The first-order chi connectivity index (χ1) is 13.5. The van der Waals surface area contributed by atoms with Gasteiger partial charge in [-0.15, -0.1) is 11.3 Å². The van der Waals surface area contributed by atoms with E-state index in [2.05, 4.69) is 21.7 Å². The molecule has 0 atom stereocenters. The van der Waals surface area contributed by atoms with E-state index in [1.54, 1.807) is 12.1 Å². The molecule has 2 amide bonds. The van der Waals surface area contributed by atoms with Gasteiger partial charge in [0.25, 0.3) is 5.91 Å². The maximum Gasteiger partial charge on any atom is 0.257 e. The summed E-state index contributed by atoms with van der Waals surface area (Å²) in [6.07, 6.45) is 1.23. The number of carbonyl (C=O) groups is 2. The second kappa shape index (κ2) is 7.44. The van der Waals surface area contributed by atoms with Gasteiger partial charge in [0, 0.05) is 48.4 Å². The van der Waals surface area contributed by atoms with Crippen LogP contribution in [0.25, 0.3) is 11.3 Å². The minimum absolute atomic E-state index is 0.0533. The highest BCUT2D eigenvalue weighted by molar-refractivity contribution is 7.14. The number of aryl methyl sites for hydroxylation is 1. The van der Waals surface area contributed by atoms with Crippen LogP contribution in [0.3, 0.4) is 0 Å². The second-order valence-corrected chi connectivity index (χ2v) is 7.71. The zero-order chi connectivity index (χ0) is 19.7. The Kier molecular flexibility index (Phi) is 4.83. The summed E-state index contributed by atoms with van der Waals surface area (Å²) in [6, 6.07) is 13.3. The molecule has 1 aliphatic heterocycles. The van der Waals surface area contributed by atoms with Gasteiger partial charge in [0.15, 0.2) is 5.13 Å². The Morgan fingerprint density at radius 1 is 1.14 bits per heavy atom. The number of thiazole rings is 1. The van der Waals surface area contributed by atoms with Crippen molar-refractivity contribution in [2.75, 3.05) is 29.6 Å². The maximum atomic E-state index is 12.5. The number of hydrogen-bond acceptors (Lipinski definition) is 5. The third kappa shape index (κ3) is 3.75. The fourth-order valence-corrected chi connectivity index (χ4v) is 3.80. The summed E-state index contributed by atoms with van der Waals surface area (Å²) in [5.74, 6) is -0.128. The molecular formula is C21H20N4O2S. The van der Waals surface area contributed by atoms with Crippen molar-refractivity contribution >= 4 is 39.7 Å². The first kappa shape index (κ1) is 18.2. The molecule has 0 aliphatic carbocycles. The SMILES string of the molecule is CN(C)c1ccc(C(=O)Nc2nc(-c3ccc4c(c3)CCC(=O)N4)cs2)cc1. The molecule has 28 heavy (non-hydrogen) atoms. The van der Waals surface area contributed by atoms with Crippen LogP contribution in [0.2, 0.25) is 0 Å². The number of nitrogens with one attached hydrogen (secondary N) is 2. The molecule has 2 aromatic carbocycles. The third-order valence-electron chi connectivity index (χ3n) is 4.67. The van der Waals surface area contributed by atoms with Crippen molar-refractivity contribution in [1.29, 1.82) is 0 Å². The molecule has 3 aromatic rings. The number of nitrogens with zero attached hydrogens (tertiary/aromatic N) is 2. The first-order valence-corrected chi connectivity index (χ1v) is 9.85. The number of hydrogen-bond donors (Lipinski definition) is 2. The van der Waals surface area contributed by atoms with E-state index in [4.69, 9.17) is 0 Å². The predicted octanol–water partition coefficient (Wildman–Crippen LogP) is 4.01. The lowest BCUT2D eigenvalue weighted by atomic mass is 9.99. The van der Waals surface area contributed by atoms with Crippen molar-refractivity contribution in [3.05, 3.63) is 59.0 Å². The van der Waals surface area contributed by atoms with Crippen LogP contribution >= 0.6 is 11.3 Å². The molecule has 7 heteroatoms. The summed E-state index contributed by atoms with van der Waals surface area (Å²) < 4.78 is 0. The average Bonchev–Trinajstić information content (AvgIpc) is 3.16. The van der Waals surface area contributed by atoms with E-state index in [9.17, 15) is 9.59 Å². The van der Waals surface area contributed by atoms with Crippen LogP contribution in [0.5, 0.6) is 0 Å². The fraction of sp³-hybridized carbons (Fsp3) is 0.190. The maximum absolute atomic E-state index is 12.5. The minimum Gasteiger partial charge on any atom is -0.378 e. The van der Waals surface area contributed by atoms with E-state index >= 15 is 0 Å². The van der Waals surface area contributed by atoms with Gasteiger partial charge < -0.3 is 10.2 Å². The summed E-state index contributed by atoms with van der Waals surface area (Å²) in [7, 11) is 3.92. The van der Waals surface area contributed by atoms with Crippen molar-refractivity contribution in [3.8, 4) is 11.3 Å². The van der Waals surface area contributed by atoms with Crippen LogP contribution in [0.4, 0.5) is 16.5 Å². The quantitative estimate of drug-likeness (QED) is 0.703. The molecule has 0 radical (unpaired) electrons. The second-order valence-electron chi connectivity index (χ2n) is 6.85.